The number of alkyl halides is 3. The van der Waals surface area contributed by atoms with Crippen molar-refractivity contribution in [3.05, 3.63) is 82.7 Å². The zero-order chi connectivity index (χ0) is 24.1. The van der Waals surface area contributed by atoms with E-state index in [0.717, 1.165) is 36.4 Å². The molecule has 154 valence electrons. The summed E-state index contributed by atoms with van der Waals surface area (Å²) in [4.78, 5) is 12.7. The summed E-state index contributed by atoms with van der Waals surface area (Å²) in [5.41, 5.74) is 0.200. The predicted molar refractivity (Wildman–Crippen MR) is 91.6 cm³/mol. The minimum Gasteiger partial charge on any atom is -0.460 e. The average Bonchev–Trinajstić information content (AvgIpc) is 2.91. The lowest BCUT2D eigenvalue weighted by atomic mass is 10.0. The molecule has 0 bridgehead atoms. The van der Waals surface area contributed by atoms with Gasteiger partial charge in [-0.25, -0.2) is 4.39 Å². The Labute approximate surface area is 166 Å². The highest BCUT2D eigenvalue weighted by Gasteiger charge is 2.40. The summed E-state index contributed by atoms with van der Waals surface area (Å²) in [6.45, 7) is 0. The van der Waals surface area contributed by atoms with Gasteiger partial charge in [0.1, 0.15) is 11.5 Å². The first-order valence-corrected chi connectivity index (χ1v) is 9.12. The van der Waals surface area contributed by atoms with Crippen LogP contribution in [0.2, 0.25) is 0 Å². The fourth-order valence-corrected chi connectivity index (χ4v) is 3.13. The Morgan fingerprint density at radius 1 is 1.14 bits per heavy atom. The predicted octanol–water partition coefficient (Wildman–Crippen LogP) is 3.16. The molecule has 11 heteroatoms. The van der Waals surface area contributed by atoms with E-state index in [4.69, 9.17) is 14.6 Å². The molecule has 0 spiro atoms. The summed E-state index contributed by atoms with van der Waals surface area (Å²) in [6, 6.07) is 6.02. The van der Waals surface area contributed by atoms with E-state index in [-0.39, 0.29) is 0 Å². The molecule has 1 aliphatic rings. The lowest BCUT2D eigenvalue weighted by molar-refractivity contribution is -0.137. The summed E-state index contributed by atoms with van der Waals surface area (Å²) >= 11 is 0. The maximum Gasteiger partial charge on any atom is 0.416 e. The first-order chi connectivity index (χ1) is 14.6. The molecular formula is C18H13F4NO5S. The number of hydrogen-bond donors (Lipinski definition) is 1. The normalized spacial score (nSPS) is 21.9. The maximum absolute atomic E-state index is 13.1. The Morgan fingerprint density at radius 2 is 1.72 bits per heavy atom. The molecular weight excluding hydrogens is 418 g/mol. The molecule has 2 aromatic carbocycles. The monoisotopic (exact) mass is 434 g/mol. The number of hydrogen-bond acceptors (Lipinski definition) is 6. The number of halogens is 4. The number of benzene rings is 2. The zero-order valence-electron chi connectivity index (χ0n) is 17.2. The van der Waals surface area contributed by atoms with E-state index in [2.05, 4.69) is 4.18 Å². The van der Waals surface area contributed by atoms with Crippen molar-refractivity contribution in [1.82, 2.24) is 0 Å². The van der Waals surface area contributed by atoms with E-state index in [1.54, 1.807) is 0 Å². The van der Waals surface area contributed by atoms with E-state index in [9.17, 15) is 30.8 Å². The number of carbonyl (C=O) groups is 1. The van der Waals surface area contributed by atoms with E-state index < -0.39 is 68.0 Å². The van der Waals surface area contributed by atoms with Crippen molar-refractivity contribution in [2.75, 3.05) is 0 Å². The molecule has 1 aliphatic heterocycles. The van der Waals surface area contributed by atoms with Crippen molar-refractivity contribution in [2.45, 2.75) is 18.0 Å². The van der Waals surface area contributed by atoms with Crippen LogP contribution in [0.4, 0.5) is 17.6 Å². The SMILES string of the molecule is [2H]C1(c2ccc(C(F)(F)F)cc2)OC(N)=C(OS(=O)(=O)C([2H])([2H])c2ccc(F)cc2)C1=O. The standard InChI is InChI=1S/C18H13F4NO5S/c19-13-7-1-10(2-8-13)9-29(25,26)28-16-14(24)15(27-17(16)23)11-3-5-12(6-4-11)18(20,21)22/h1-8,15H,9,23H2/i9D2,15D. The summed E-state index contributed by atoms with van der Waals surface area (Å²) in [5.74, 6) is -4.44. The quantitative estimate of drug-likeness (QED) is 0.574. The molecule has 1 unspecified atom stereocenters. The van der Waals surface area contributed by atoms with Crippen molar-refractivity contribution in [2.24, 2.45) is 5.73 Å². The Bertz CT molecular complexity index is 1200. The number of Topliss-reactive ketones (excluding diaryl/α,β-unsaturated/α-hetero) is 1. The van der Waals surface area contributed by atoms with E-state index in [1.165, 1.54) is 0 Å². The van der Waals surface area contributed by atoms with Gasteiger partial charge in [0.25, 0.3) is 0 Å². The summed E-state index contributed by atoms with van der Waals surface area (Å²) in [5, 5.41) is 0. The van der Waals surface area contributed by atoms with Gasteiger partial charge in [-0.15, -0.1) is 0 Å². The summed E-state index contributed by atoms with van der Waals surface area (Å²) in [6.07, 6.45) is -7.44. The fraction of sp³-hybridized carbons (Fsp3) is 0.167. The Hall–Kier alpha value is -3.08. The van der Waals surface area contributed by atoms with Gasteiger partial charge in [-0.1, -0.05) is 24.3 Å². The van der Waals surface area contributed by atoms with Crippen molar-refractivity contribution in [3.8, 4) is 0 Å². The van der Waals surface area contributed by atoms with E-state index in [0.29, 0.717) is 12.1 Å². The topological polar surface area (TPSA) is 95.7 Å². The molecule has 6 nitrogen and oxygen atoms in total. The zero-order valence-corrected chi connectivity index (χ0v) is 15.0. The Morgan fingerprint density at radius 3 is 2.28 bits per heavy atom. The third-order valence-corrected chi connectivity index (χ3v) is 4.47. The molecule has 2 N–H and O–H groups in total. The maximum atomic E-state index is 13.1. The molecule has 0 fully saturated rings. The minimum atomic E-state index is -5.29. The van der Waals surface area contributed by atoms with Crippen molar-refractivity contribution >= 4 is 15.9 Å². The molecule has 2 aromatic rings. The third kappa shape index (κ3) is 4.67. The molecule has 0 radical (unpaired) electrons. The first-order valence-electron chi connectivity index (χ1n) is 9.21. The molecule has 0 saturated carbocycles. The van der Waals surface area contributed by atoms with Gasteiger partial charge in [-0.05, 0) is 29.8 Å². The van der Waals surface area contributed by atoms with Crippen LogP contribution < -0.4 is 5.73 Å². The van der Waals surface area contributed by atoms with Gasteiger partial charge in [-0.2, -0.15) is 21.6 Å². The number of ether oxygens (including phenoxy) is 1. The van der Waals surface area contributed by atoms with Crippen LogP contribution in [0.15, 0.2) is 60.2 Å². The van der Waals surface area contributed by atoms with Crippen LogP contribution in [0.3, 0.4) is 0 Å². The van der Waals surface area contributed by atoms with Crippen LogP contribution in [-0.4, -0.2) is 14.2 Å². The van der Waals surface area contributed by atoms with E-state index >= 15 is 0 Å². The Kier molecular flexibility index (Phi) is 4.29. The second-order valence-corrected chi connectivity index (χ2v) is 6.95. The lowest BCUT2D eigenvalue weighted by Crippen LogP contribution is -2.16. The van der Waals surface area contributed by atoms with Crippen LogP contribution in [0.5, 0.6) is 0 Å². The van der Waals surface area contributed by atoms with Crippen molar-refractivity contribution in [1.29, 1.82) is 0 Å². The number of ketones is 1. The van der Waals surface area contributed by atoms with Crippen LogP contribution in [-0.2, 0) is 35.7 Å². The molecule has 3 rings (SSSR count). The molecule has 0 saturated heterocycles. The summed E-state index contributed by atoms with van der Waals surface area (Å²) in [7, 11) is -5.29. The van der Waals surface area contributed by atoms with Gasteiger partial charge in [0.15, 0.2) is 6.08 Å². The van der Waals surface area contributed by atoms with E-state index in [1.807, 2.05) is 0 Å². The van der Waals surface area contributed by atoms with Gasteiger partial charge >= 0.3 is 16.3 Å². The lowest BCUT2D eigenvalue weighted by Gasteiger charge is -2.12. The first kappa shape index (κ1) is 16.8. The highest BCUT2D eigenvalue weighted by Crippen LogP contribution is 2.35. The largest absolute Gasteiger partial charge is 0.460 e. The average molecular weight is 434 g/mol. The number of rotatable bonds is 5. The van der Waals surface area contributed by atoms with Gasteiger partial charge in [0, 0.05) is 5.56 Å². The second kappa shape index (κ2) is 7.39. The second-order valence-electron chi connectivity index (χ2n) is 5.68. The van der Waals surface area contributed by atoms with Crippen LogP contribution >= 0.6 is 0 Å². The summed E-state index contributed by atoms with van der Waals surface area (Å²) < 4.78 is 110. The van der Waals surface area contributed by atoms with Crippen molar-refractivity contribution in [3.63, 3.8) is 0 Å². The molecule has 0 aliphatic carbocycles. The third-order valence-electron chi connectivity index (χ3n) is 3.60. The van der Waals surface area contributed by atoms with Crippen LogP contribution in [0, 0.1) is 5.82 Å². The number of carbonyl (C=O) groups excluding carboxylic acids is 1. The molecule has 0 amide bonds. The van der Waals surface area contributed by atoms with Crippen molar-refractivity contribution < 1.29 is 43.8 Å². The number of nitrogens with two attached hydrogens (primary N) is 1. The molecule has 0 aromatic heterocycles. The molecule has 29 heavy (non-hydrogen) atoms. The highest BCUT2D eigenvalue weighted by atomic mass is 32.2. The van der Waals surface area contributed by atoms with Gasteiger partial charge < -0.3 is 14.7 Å². The minimum absolute atomic E-state index is 0.406. The Balaban J connectivity index is 1.90. The van der Waals surface area contributed by atoms with Crippen LogP contribution in [0.1, 0.15) is 26.9 Å². The van der Waals surface area contributed by atoms with Crippen LogP contribution in [0.25, 0.3) is 0 Å². The molecule has 1 heterocycles. The smallest absolute Gasteiger partial charge is 0.416 e. The fourth-order valence-electron chi connectivity index (χ4n) is 2.29. The van der Waals surface area contributed by atoms with Gasteiger partial charge in [-0.3, -0.25) is 4.79 Å². The van der Waals surface area contributed by atoms with Gasteiger partial charge in [0.05, 0.1) is 9.68 Å². The highest BCUT2D eigenvalue weighted by molar-refractivity contribution is 7.86. The molecule has 1 atom stereocenters. The van der Waals surface area contributed by atoms with Gasteiger partial charge in [0.2, 0.25) is 17.4 Å².